The van der Waals surface area contributed by atoms with Gasteiger partial charge in [0.05, 0.1) is 0 Å². The van der Waals surface area contributed by atoms with Crippen LogP contribution in [0.4, 0.5) is 0 Å². The van der Waals surface area contributed by atoms with E-state index < -0.39 is 0 Å². The smallest absolute Gasteiger partial charge is 0.119 e. The lowest BCUT2D eigenvalue weighted by Gasteiger charge is -2.17. The van der Waals surface area contributed by atoms with Gasteiger partial charge in [0.25, 0.3) is 0 Å². The zero-order valence-corrected chi connectivity index (χ0v) is 20.0. The van der Waals surface area contributed by atoms with Crippen LogP contribution in [0.5, 0.6) is 5.75 Å². The van der Waals surface area contributed by atoms with Crippen molar-refractivity contribution in [1.82, 2.24) is 0 Å². The highest BCUT2D eigenvalue weighted by atomic mass is 16.5. The van der Waals surface area contributed by atoms with Crippen molar-refractivity contribution >= 4 is 35.1 Å². The van der Waals surface area contributed by atoms with Gasteiger partial charge in [-0.15, -0.1) is 0 Å². The van der Waals surface area contributed by atoms with Crippen LogP contribution in [-0.4, -0.2) is 0 Å². The van der Waals surface area contributed by atoms with Crippen molar-refractivity contribution in [3.05, 3.63) is 110 Å². The fourth-order valence-corrected chi connectivity index (χ4v) is 5.35. The lowest BCUT2D eigenvalue weighted by Crippen LogP contribution is -2.34. The molecule has 6 rings (SSSR count). The van der Waals surface area contributed by atoms with Crippen LogP contribution in [0.2, 0.25) is 0 Å². The van der Waals surface area contributed by atoms with Crippen LogP contribution in [0.1, 0.15) is 47.4 Å². The molecule has 0 saturated heterocycles. The number of benzene rings is 4. The number of fused-ring (bicyclic) bond motifs is 5. The first-order valence-corrected chi connectivity index (χ1v) is 12.4. The Morgan fingerprint density at radius 3 is 2.24 bits per heavy atom. The predicted molar refractivity (Wildman–Crippen MR) is 144 cm³/mol. The van der Waals surface area contributed by atoms with Gasteiger partial charge in [0.2, 0.25) is 0 Å². The summed E-state index contributed by atoms with van der Waals surface area (Å²) in [5.41, 5.74) is 5.18. The van der Waals surface area contributed by atoms with E-state index in [0.29, 0.717) is 12.5 Å². The molecule has 168 valence electrons. The number of hydrogen-bond acceptors (Lipinski definition) is 1. The van der Waals surface area contributed by atoms with Crippen molar-refractivity contribution in [1.29, 1.82) is 0 Å². The summed E-state index contributed by atoms with van der Waals surface area (Å²) in [6.07, 6.45) is 13.0. The van der Waals surface area contributed by atoms with Crippen molar-refractivity contribution in [2.75, 3.05) is 0 Å². The molecular formula is C33H30O. The van der Waals surface area contributed by atoms with E-state index in [1.54, 1.807) is 0 Å². The molecule has 0 aliphatic heterocycles. The molecule has 0 radical (unpaired) electrons. The van der Waals surface area contributed by atoms with Gasteiger partial charge in [-0.2, -0.15) is 0 Å². The van der Waals surface area contributed by atoms with Crippen molar-refractivity contribution in [3.63, 3.8) is 0 Å². The van der Waals surface area contributed by atoms with Gasteiger partial charge >= 0.3 is 0 Å². The fraction of sp³-hybridized carbons (Fsp3) is 0.212. The first-order chi connectivity index (χ1) is 16.7. The van der Waals surface area contributed by atoms with E-state index in [2.05, 4.69) is 105 Å². The largest absolute Gasteiger partial charge is 0.489 e. The molecule has 2 aliphatic carbocycles. The summed E-state index contributed by atoms with van der Waals surface area (Å²) in [6.45, 7) is 4.89. The van der Waals surface area contributed by atoms with Crippen LogP contribution in [-0.2, 0) is 6.61 Å². The second-order valence-corrected chi connectivity index (χ2v) is 9.71. The van der Waals surface area contributed by atoms with Gasteiger partial charge < -0.3 is 4.74 Å². The Hall–Kier alpha value is -3.58. The molecule has 0 amide bonds. The van der Waals surface area contributed by atoms with Crippen LogP contribution in [0, 0.1) is 13.8 Å². The van der Waals surface area contributed by atoms with Gasteiger partial charge in [0, 0.05) is 5.92 Å². The van der Waals surface area contributed by atoms with Gasteiger partial charge in [-0.25, -0.2) is 0 Å². The minimum atomic E-state index is 0.387. The summed E-state index contributed by atoms with van der Waals surface area (Å²) < 4.78 is 6.07. The summed E-state index contributed by atoms with van der Waals surface area (Å²) in [5.74, 6) is 1.31. The highest BCUT2D eigenvalue weighted by Crippen LogP contribution is 2.26. The van der Waals surface area contributed by atoms with Crippen LogP contribution in [0.15, 0.2) is 66.7 Å². The van der Waals surface area contributed by atoms with Gasteiger partial charge in [0.15, 0.2) is 0 Å². The van der Waals surface area contributed by atoms with E-state index >= 15 is 0 Å². The molecule has 2 aliphatic rings. The Labute approximate surface area is 201 Å². The zero-order chi connectivity index (χ0) is 23.1. The first kappa shape index (κ1) is 21.0. The topological polar surface area (TPSA) is 9.23 Å². The number of rotatable bonds is 4. The van der Waals surface area contributed by atoms with Crippen molar-refractivity contribution in [3.8, 4) is 5.75 Å². The Balaban J connectivity index is 1.29. The van der Waals surface area contributed by atoms with Crippen molar-refractivity contribution in [2.24, 2.45) is 0 Å². The summed E-state index contributed by atoms with van der Waals surface area (Å²) >= 11 is 0. The zero-order valence-electron chi connectivity index (χ0n) is 20.0. The molecule has 34 heavy (non-hydrogen) atoms. The Morgan fingerprint density at radius 2 is 1.44 bits per heavy atom. The lowest BCUT2D eigenvalue weighted by molar-refractivity contribution is 0.306. The third kappa shape index (κ3) is 3.86. The highest BCUT2D eigenvalue weighted by Gasteiger charge is 2.13. The van der Waals surface area contributed by atoms with E-state index in [9.17, 15) is 0 Å². The molecule has 0 bridgehead atoms. The Kier molecular flexibility index (Phi) is 5.34. The molecule has 0 spiro atoms. The highest BCUT2D eigenvalue weighted by molar-refractivity contribution is 5.86. The summed E-state index contributed by atoms with van der Waals surface area (Å²) in [6, 6.07) is 24.5. The SMILES string of the molecule is Cc1ccc(COc2ccc([C@@H]3C=c4c(ccc5c6c(ccc45)=CCCC=6)=CC3)cc2)cc1C. The number of hydrogen-bond donors (Lipinski definition) is 0. The maximum absolute atomic E-state index is 6.07. The predicted octanol–water partition coefficient (Wildman–Crippen LogP) is 5.14. The molecule has 0 unspecified atom stereocenters. The van der Waals surface area contributed by atoms with Crippen LogP contribution in [0.25, 0.3) is 35.1 Å². The van der Waals surface area contributed by atoms with Gasteiger partial charge in [0.1, 0.15) is 12.4 Å². The molecule has 1 atom stereocenters. The van der Waals surface area contributed by atoms with E-state index in [-0.39, 0.29) is 0 Å². The minimum Gasteiger partial charge on any atom is -0.489 e. The summed E-state index contributed by atoms with van der Waals surface area (Å²) in [4.78, 5) is 0. The van der Waals surface area contributed by atoms with Gasteiger partial charge in [-0.3, -0.25) is 0 Å². The maximum Gasteiger partial charge on any atom is 0.119 e. The van der Waals surface area contributed by atoms with Crippen molar-refractivity contribution in [2.45, 2.75) is 45.6 Å². The lowest BCUT2D eigenvalue weighted by atomic mass is 9.88. The second kappa shape index (κ2) is 8.65. The van der Waals surface area contributed by atoms with E-state index in [1.807, 2.05) is 0 Å². The number of aryl methyl sites for hydroxylation is 2. The molecule has 4 aromatic carbocycles. The molecular weight excluding hydrogens is 412 g/mol. The molecule has 1 nitrogen and oxygen atoms in total. The molecule has 0 saturated carbocycles. The number of ether oxygens (including phenoxy) is 1. The van der Waals surface area contributed by atoms with E-state index in [4.69, 9.17) is 4.74 Å². The average Bonchev–Trinajstić information content (AvgIpc) is 2.89. The maximum atomic E-state index is 6.07. The fourth-order valence-electron chi connectivity index (χ4n) is 5.35. The summed E-state index contributed by atoms with van der Waals surface area (Å²) in [7, 11) is 0. The molecule has 0 N–H and O–H groups in total. The Morgan fingerprint density at radius 1 is 0.706 bits per heavy atom. The van der Waals surface area contributed by atoms with Crippen molar-refractivity contribution < 1.29 is 4.74 Å². The normalized spacial score (nSPS) is 16.4. The third-order valence-corrected chi connectivity index (χ3v) is 7.48. The third-order valence-electron chi connectivity index (χ3n) is 7.48. The van der Waals surface area contributed by atoms with E-state index in [0.717, 1.165) is 25.0 Å². The van der Waals surface area contributed by atoms with Crippen LogP contribution in [0.3, 0.4) is 0 Å². The molecule has 0 aromatic heterocycles. The van der Waals surface area contributed by atoms with Gasteiger partial charge in [-0.05, 0) is 99.1 Å². The molecule has 0 heterocycles. The molecule has 1 heteroatoms. The molecule has 0 fully saturated rings. The average molecular weight is 443 g/mol. The standard InChI is InChI=1S/C33H30O/c1-22-7-8-24(19-23(22)2)21-34-29-15-11-25(12-16-29)28-10-9-27-14-17-31-30-6-4-3-5-26(30)13-18-32(31)33(27)20-28/h5-9,11-20,28H,3-4,10,21H2,1-2H3/t28-/m0/s1. The van der Waals surface area contributed by atoms with E-state index in [1.165, 1.54) is 53.9 Å². The summed E-state index contributed by atoms with van der Waals surface area (Å²) in [5, 5.41) is 8.28. The quantitative estimate of drug-likeness (QED) is 0.425. The molecule has 4 aromatic rings. The minimum absolute atomic E-state index is 0.387. The Bertz CT molecular complexity index is 1640. The first-order valence-electron chi connectivity index (χ1n) is 12.4. The van der Waals surface area contributed by atoms with Gasteiger partial charge in [-0.1, -0.05) is 78.9 Å². The van der Waals surface area contributed by atoms with Crippen LogP contribution < -0.4 is 25.6 Å². The monoisotopic (exact) mass is 442 g/mol. The second-order valence-electron chi connectivity index (χ2n) is 9.71. The van der Waals surface area contributed by atoms with Crippen LogP contribution >= 0.6 is 0 Å².